The molecule has 1 aliphatic rings. The molecule has 0 bridgehead atoms. The number of halogens is 1. The molecule has 166 valence electrons. The zero-order valence-electron chi connectivity index (χ0n) is 18.4. The number of amides is 1. The lowest BCUT2D eigenvalue weighted by molar-refractivity contribution is 0.102. The maximum Gasteiger partial charge on any atom is 0.256 e. The minimum absolute atomic E-state index is 0.110. The van der Waals surface area contributed by atoms with Crippen LogP contribution in [0.3, 0.4) is 0 Å². The van der Waals surface area contributed by atoms with Crippen molar-refractivity contribution < 1.29 is 9.18 Å². The summed E-state index contributed by atoms with van der Waals surface area (Å²) < 4.78 is 13.9. The van der Waals surface area contributed by atoms with E-state index in [2.05, 4.69) is 15.1 Å². The molecular weight excluding hydrogens is 413 g/mol. The number of hydrogen-bond acceptors (Lipinski definition) is 3. The van der Waals surface area contributed by atoms with E-state index >= 15 is 0 Å². The van der Waals surface area contributed by atoms with Crippen LogP contribution in [0.4, 0.5) is 15.8 Å². The number of anilines is 2. The number of hydrogen-bond donors (Lipinski definition) is 1. The summed E-state index contributed by atoms with van der Waals surface area (Å²) in [5, 5.41) is 5.02. The lowest BCUT2D eigenvalue weighted by Crippen LogP contribution is -2.46. The molecule has 0 aromatic heterocycles. The molecule has 0 unspecified atom stereocenters. The molecule has 0 saturated carbocycles. The lowest BCUT2D eigenvalue weighted by atomic mass is 10.0. The monoisotopic (exact) mass is 439 g/mol. The fourth-order valence-electron chi connectivity index (χ4n) is 4.41. The molecule has 4 aromatic rings. The summed E-state index contributed by atoms with van der Waals surface area (Å²) in [4.78, 5) is 17.5. The Hall–Kier alpha value is -3.70. The van der Waals surface area contributed by atoms with Crippen LogP contribution in [0.1, 0.15) is 15.9 Å². The number of fused-ring (bicyclic) bond motifs is 1. The number of rotatable bonds is 5. The molecule has 33 heavy (non-hydrogen) atoms. The number of carbonyl (C=O) groups is 1. The van der Waals surface area contributed by atoms with Crippen LogP contribution >= 0.6 is 0 Å². The van der Waals surface area contributed by atoms with E-state index < -0.39 is 0 Å². The Morgan fingerprint density at radius 3 is 2.27 bits per heavy atom. The first-order valence-corrected chi connectivity index (χ1v) is 11.3. The maximum atomic E-state index is 13.9. The van der Waals surface area contributed by atoms with Gasteiger partial charge in [-0.2, -0.15) is 0 Å². The first-order chi connectivity index (χ1) is 16.2. The number of benzene rings is 4. The second kappa shape index (κ2) is 9.43. The van der Waals surface area contributed by atoms with E-state index in [-0.39, 0.29) is 11.7 Å². The number of nitrogens with zero attached hydrogens (tertiary/aromatic N) is 2. The van der Waals surface area contributed by atoms with Gasteiger partial charge in [0.15, 0.2) is 0 Å². The molecule has 0 spiro atoms. The van der Waals surface area contributed by atoms with Gasteiger partial charge in [-0.1, -0.05) is 54.6 Å². The molecule has 1 amide bonds. The Labute approximate surface area is 193 Å². The first-order valence-electron chi connectivity index (χ1n) is 11.3. The van der Waals surface area contributed by atoms with Gasteiger partial charge < -0.3 is 10.2 Å². The van der Waals surface area contributed by atoms with Crippen molar-refractivity contribution in [3.63, 3.8) is 0 Å². The predicted octanol–water partition coefficient (Wildman–Crippen LogP) is 5.55. The summed E-state index contributed by atoms with van der Waals surface area (Å²) in [5.41, 5.74) is 3.32. The van der Waals surface area contributed by atoms with Crippen LogP contribution in [0, 0.1) is 5.82 Å². The fraction of sp³-hybridized carbons (Fsp3) is 0.179. The second-order valence-corrected chi connectivity index (χ2v) is 8.38. The number of nitrogens with one attached hydrogen (secondary N) is 1. The molecular formula is C28H26FN3O. The van der Waals surface area contributed by atoms with Crippen LogP contribution in [0.5, 0.6) is 0 Å². The largest absolute Gasteiger partial charge is 0.369 e. The molecule has 1 saturated heterocycles. The highest BCUT2D eigenvalue weighted by molar-refractivity contribution is 6.12. The van der Waals surface area contributed by atoms with Gasteiger partial charge in [0.2, 0.25) is 0 Å². The first kappa shape index (κ1) is 21.2. The molecule has 4 aromatic carbocycles. The summed E-state index contributed by atoms with van der Waals surface area (Å²) in [6.07, 6.45) is 0. The summed E-state index contributed by atoms with van der Waals surface area (Å²) in [5.74, 6) is -0.248. The standard InChI is InChI=1S/C28H26FN3O/c29-27-11-4-2-7-22(27)20-31-16-18-32(19-17-31)24-14-12-23(13-15-24)30-28(33)26-10-5-8-21-6-1-3-9-25(21)26/h1-15H,16-20H2,(H,30,33). The van der Waals surface area contributed by atoms with E-state index in [1.807, 2.05) is 78.9 Å². The van der Waals surface area contributed by atoms with Crippen molar-refractivity contribution in [3.8, 4) is 0 Å². The minimum Gasteiger partial charge on any atom is -0.369 e. The van der Waals surface area contributed by atoms with Crippen molar-refractivity contribution in [1.82, 2.24) is 4.90 Å². The van der Waals surface area contributed by atoms with E-state index in [1.165, 1.54) is 6.07 Å². The summed E-state index contributed by atoms with van der Waals surface area (Å²) >= 11 is 0. The topological polar surface area (TPSA) is 35.6 Å². The quantitative estimate of drug-likeness (QED) is 0.443. The Morgan fingerprint density at radius 1 is 0.788 bits per heavy atom. The van der Waals surface area contributed by atoms with Crippen molar-refractivity contribution in [2.75, 3.05) is 36.4 Å². The smallest absolute Gasteiger partial charge is 0.256 e. The van der Waals surface area contributed by atoms with Crippen molar-refractivity contribution >= 4 is 28.1 Å². The molecule has 5 rings (SSSR count). The van der Waals surface area contributed by atoms with Crippen LogP contribution in [0.2, 0.25) is 0 Å². The maximum absolute atomic E-state index is 13.9. The van der Waals surface area contributed by atoms with Crippen LogP contribution < -0.4 is 10.2 Å². The Balaban J connectivity index is 1.20. The van der Waals surface area contributed by atoms with E-state index in [9.17, 15) is 9.18 Å². The average molecular weight is 440 g/mol. The predicted molar refractivity (Wildman–Crippen MR) is 132 cm³/mol. The Kier molecular flexibility index (Phi) is 6.05. The van der Waals surface area contributed by atoms with E-state index in [0.29, 0.717) is 12.1 Å². The SMILES string of the molecule is O=C(Nc1ccc(N2CCN(Cc3ccccc3F)CC2)cc1)c1cccc2ccccc12. The van der Waals surface area contributed by atoms with Crippen molar-refractivity contribution in [3.05, 3.63) is 108 Å². The average Bonchev–Trinajstić information content (AvgIpc) is 2.86. The summed E-state index contributed by atoms with van der Waals surface area (Å²) in [7, 11) is 0. The van der Waals surface area contributed by atoms with Crippen molar-refractivity contribution in [2.24, 2.45) is 0 Å². The molecule has 5 heteroatoms. The van der Waals surface area contributed by atoms with E-state index in [1.54, 1.807) is 6.07 Å². The van der Waals surface area contributed by atoms with Crippen LogP contribution in [-0.4, -0.2) is 37.0 Å². The van der Waals surface area contributed by atoms with Crippen molar-refractivity contribution in [2.45, 2.75) is 6.54 Å². The van der Waals surface area contributed by atoms with Gasteiger partial charge in [-0.3, -0.25) is 9.69 Å². The highest BCUT2D eigenvalue weighted by atomic mass is 19.1. The second-order valence-electron chi connectivity index (χ2n) is 8.38. The molecule has 4 nitrogen and oxygen atoms in total. The Morgan fingerprint density at radius 2 is 1.48 bits per heavy atom. The normalized spacial score (nSPS) is 14.4. The van der Waals surface area contributed by atoms with Gasteiger partial charge in [-0.05, 0) is 47.2 Å². The van der Waals surface area contributed by atoms with Crippen LogP contribution in [0.25, 0.3) is 10.8 Å². The molecule has 0 aliphatic carbocycles. The zero-order chi connectivity index (χ0) is 22.6. The van der Waals surface area contributed by atoms with Gasteiger partial charge in [0.25, 0.3) is 5.91 Å². The van der Waals surface area contributed by atoms with Gasteiger partial charge >= 0.3 is 0 Å². The highest BCUT2D eigenvalue weighted by Crippen LogP contribution is 2.23. The van der Waals surface area contributed by atoms with Crippen molar-refractivity contribution in [1.29, 1.82) is 0 Å². The number of carbonyl (C=O) groups excluding carboxylic acids is 1. The van der Waals surface area contributed by atoms with E-state index in [0.717, 1.165) is 53.9 Å². The highest BCUT2D eigenvalue weighted by Gasteiger charge is 2.18. The third-order valence-corrected chi connectivity index (χ3v) is 6.25. The third-order valence-electron chi connectivity index (χ3n) is 6.25. The molecule has 0 radical (unpaired) electrons. The van der Waals surface area contributed by atoms with Crippen LogP contribution in [-0.2, 0) is 6.54 Å². The van der Waals surface area contributed by atoms with E-state index in [4.69, 9.17) is 0 Å². The fourth-order valence-corrected chi connectivity index (χ4v) is 4.41. The van der Waals surface area contributed by atoms with Gasteiger partial charge in [0, 0.05) is 55.2 Å². The molecule has 1 heterocycles. The zero-order valence-corrected chi connectivity index (χ0v) is 18.4. The van der Waals surface area contributed by atoms with Gasteiger partial charge in [0.05, 0.1) is 0 Å². The van der Waals surface area contributed by atoms with Gasteiger partial charge in [-0.25, -0.2) is 4.39 Å². The summed E-state index contributed by atoms with van der Waals surface area (Å²) in [6.45, 7) is 4.17. The molecule has 1 aliphatic heterocycles. The molecule has 0 atom stereocenters. The third kappa shape index (κ3) is 4.73. The van der Waals surface area contributed by atoms with Gasteiger partial charge in [-0.15, -0.1) is 0 Å². The van der Waals surface area contributed by atoms with Crippen LogP contribution in [0.15, 0.2) is 91.0 Å². The van der Waals surface area contributed by atoms with Gasteiger partial charge in [0.1, 0.15) is 5.82 Å². The minimum atomic E-state index is -0.138. The Bertz CT molecular complexity index is 1260. The molecule has 1 fully saturated rings. The molecule has 1 N–H and O–H groups in total. The summed E-state index contributed by atoms with van der Waals surface area (Å²) in [6, 6.07) is 28.7. The lowest BCUT2D eigenvalue weighted by Gasteiger charge is -2.36. The number of piperazine rings is 1.